The Hall–Kier alpha value is -1.45. The molecule has 1 unspecified atom stereocenters. The van der Waals surface area contributed by atoms with E-state index in [2.05, 4.69) is 4.98 Å². The third-order valence-electron chi connectivity index (χ3n) is 3.37. The number of pyridine rings is 1. The summed E-state index contributed by atoms with van der Waals surface area (Å²) in [6, 6.07) is 9.59. The second kappa shape index (κ2) is 4.91. The Labute approximate surface area is 115 Å². The van der Waals surface area contributed by atoms with Crippen LogP contribution in [0.25, 0.3) is 11.3 Å². The quantitative estimate of drug-likeness (QED) is 0.861. The Bertz CT molecular complexity index is 596. The van der Waals surface area contributed by atoms with Crippen molar-refractivity contribution in [1.82, 2.24) is 4.98 Å². The summed E-state index contributed by atoms with van der Waals surface area (Å²) in [6.45, 7) is 0. The van der Waals surface area contributed by atoms with E-state index in [-0.39, 0.29) is 5.82 Å². The van der Waals surface area contributed by atoms with E-state index >= 15 is 0 Å². The van der Waals surface area contributed by atoms with Crippen LogP contribution in [0.3, 0.4) is 0 Å². The number of aliphatic hydroxyl groups excluding tert-OH is 1. The molecule has 4 heteroatoms. The molecular weight excluding hydrogens is 265 g/mol. The van der Waals surface area contributed by atoms with Crippen LogP contribution in [-0.2, 0) is 0 Å². The lowest BCUT2D eigenvalue weighted by Gasteiger charge is -2.11. The number of rotatable bonds is 3. The van der Waals surface area contributed by atoms with Gasteiger partial charge in [0.05, 0.1) is 11.8 Å². The highest BCUT2D eigenvalue weighted by Gasteiger charge is 2.31. The first-order valence-corrected chi connectivity index (χ1v) is 6.63. The molecule has 0 saturated heterocycles. The van der Waals surface area contributed by atoms with E-state index in [1.54, 1.807) is 18.2 Å². The van der Waals surface area contributed by atoms with Crippen molar-refractivity contribution in [3.05, 3.63) is 52.9 Å². The molecule has 2 nitrogen and oxygen atoms in total. The number of aliphatic hydroxyl groups is 1. The molecule has 0 aliphatic heterocycles. The van der Waals surface area contributed by atoms with Crippen LogP contribution in [-0.4, -0.2) is 10.1 Å². The van der Waals surface area contributed by atoms with E-state index < -0.39 is 6.10 Å². The highest BCUT2D eigenvalue weighted by Crippen LogP contribution is 2.41. The summed E-state index contributed by atoms with van der Waals surface area (Å²) in [6.07, 6.45) is 1.61. The summed E-state index contributed by atoms with van der Waals surface area (Å²) < 4.78 is 12.9. The van der Waals surface area contributed by atoms with Crippen molar-refractivity contribution in [1.29, 1.82) is 0 Å². The summed E-state index contributed by atoms with van der Waals surface area (Å²) >= 11 is 6.00. The molecule has 98 valence electrons. The van der Waals surface area contributed by atoms with E-state index in [0.29, 0.717) is 16.8 Å². The minimum Gasteiger partial charge on any atom is -0.388 e. The summed E-state index contributed by atoms with van der Waals surface area (Å²) in [7, 11) is 0. The minimum absolute atomic E-state index is 0.288. The molecule has 3 rings (SSSR count). The lowest BCUT2D eigenvalue weighted by molar-refractivity contribution is 0.154. The molecule has 1 N–H and O–H groups in total. The number of hydrogen-bond donors (Lipinski definition) is 1. The van der Waals surface area contributed by atoms with Crippen molar-refractivity contribution in [3.63, 3.8) is 0 Å². The Kier molecular flexibility index (Phi) is 3.25. The molecule has 1 aromatic carbocycles. The van der Waals surface area contributed by atoms with Gasteiger partial charge in [-0.3, -0.25) is 0 Å². The highest BCUT2D eigenvalue weighted by atomic mass is 35.5. The molecule has 1 aliphatic rings. The van der Waals surface area contributed by atoms with Gasteiger partial charge in [-0.2, -0.15) is 0 Å². The van der Waals surface area contributed by atoms with Crippen LogP contribution in [0.15, 0.2) is 36.4 Å². The van der Waals surface area contributed by atoms with Crippen molar-refractivity contribution in [2.45, 2.75) is 18.9 Å². The second-order valence-corrected chi connectivity index (χ2v) is 5.28. The standard InChI is InChI=1S/C15H13ClFNO/c16-14-8-11(15(19)10-1-2-10)7-13(18-14)9-3-5-12(17)6-4-9/h3-8,10,15,19H,1-2H2. The van der Waals surface area contributed by atoms with Gasteiger partial charge >= 0.3 is 0 Å². The molecule has 2 aromatic rings. The fraction of sp³-hybridized carbons (Fsp3) is 0.267. The zero-order chi connectivity index (χ0) is 13.4. The minimum atomic E-state index is -0.486. The molecule has 1 atom stereocenters. The van der Waals surface area contributed by atoms with Gasteiger partial charge in [-0.15, -0.1) is 0 Å². The molecule has 1 saturated carbocycles. The zero-order valence-corrected chi connectivity index (χ0v) is 10.9. The number of benzene rings is 1. The molecule has 0 amide bonds. The maximum Gasteiger partial charge on any atom is 0.130 e. The summed E-state index contributed by atoms with van der Waals surface area (Å²) in [5, 5.41) is 10.5. The average Bonchev–Trinajstić information content (AvgIpc) is 3.22. The van der Waals surface area contributed by atoms with Crippen molar-refractivity contribution in [3.8, 4) is 11.3 Å². The van der Waals surface area contributed by atoms with Crippen LogP contribution in [0, 0.1) is 11.7 Å². The topological polar surface area (TPSA) is 33.1 Å². The van der Waals surface area contributed by atoms with Crippen molar-refractivity contribution in [2.24, 2.45) is 5.92 Å². The van der Waals surface area contributed by atoms with Gasteiger partial charge in [-0.1, -0.05) is 11.6 Å². The van der Waals surface area contributed by atoms with Crippen LogP contribution in [0.4, 0.5) is 4.39 Å². The average molecular weight is 278 g/mol. The van der Waals surface area contributed by atoms with Crippen LogP contribution in [0.2, 0.25) is 5.15 Å². The largest absolute Gasteiger partial charge is 0.388 e. The third kappa shape index (κ3) is 2.77. The Balaban J connectivity index is 1.99. The first kappa shape index (κ1) is 12.6. The first-order chi connectivity index (χ1) is 9.13. The van der Waals surface area contributed by atoms with Crippen LogP contribution in [0.5, 0.6) is 0 Å². The SMILES string of the molecule is OC(c1cc(Cl)nc(-c2ccc(F)cc2)c1)C1CC1. The summed E-state index contributed by atoms with van der Waals surface area (Å²) in [5.41, 5.74) is 2.22. The molecule has 1 heterocycles. The molecule has 0 spiro atoms. The van der Waals surface area contributed by atoms with Gasteiger partial charge in [0.1, 0.15) is 11.0 Å². The number of halogens is 2. The second-order valence-electron chi connectivity index (χ2n) is 4.90. The predicted molar refractivity (Wildman–Crippen MR) is 72.3 cm³/mol. The Morgan fingerprint density at radius 2 is 1.89 bits per heavy atom. The van der Waals surface area contributed by atoms with Crippen molar-refractivity contribution in [2.75, 3.05) is 0 Å². The maximum absolute atomic E-state index is 12.9. The lowest BCUT2D eigenvalue weighted by Crippen LogP contribution is -2.01. The van der Waals surface area contributed by atoms with Crippen molar-refractivity contribution < 1.29 is 9.50 Å². The molecular formula is C15H13ClFNO. The van der Waals surface area contributed by atoms with E-state index in [1.807, 2.05) is 6.07 Å². The predicted octanol–water partition coefficient (Wildman–Crippen LogP) is 3.98. The zero-order valence-electron chi connectivity index (χ0n) is 10.2. The summed E-state index contributed by atoms with van der Waals surface area (Å²) in [5.74, 6) is 0.0450. The highest BCUT2D eigenvalue weighted by molar-refractivity contribution is 6.29. The fourth-order valence-corrected chi connectivity index (χ4v) is 2.36. The van der Waals surface area contributed by atoms with Gasteiger partial charge in [-0.25, -0.2) is 9.37 Å². The molecule has 1 aromatic heterocycles. The van der Waals surface area contributed by atoms with E-state index in [0.717, 1.165) is 24.0 Å². The molecule has 1 fully saturated rings. The number of aromatic nitrogens is 1. The normalized spacial score (nSPS) is 16.4. The van der Waals surface area contributed by atoms with Crippen LogP contribution < -0.4 is 0 Å². The lowest BCUT2D eigenvalue weighted by atomic mass is 10.0. The molecule has 0 bridgehead atoms. The van der Waals surface area contributed by atoms with Gasteiger partial charge in [0.2, 0.25) is 0 Å². The van der Waals surface area contributed by atoms with Gasteiger partial charge in [0, 0.05) is 5.56 Å². The van der Waals surface area contributed by atoms with E-state index in [9.17, 15) is 9.50 Å². The number of hydrogen-bond acceptors (Lipinski definition) is 2. The molecule has 1 aliphatic carbocycles. The third-order valence-corrected chi connectivity index (χ3v) is 3.56. The smallest absolute Gasteiger partial charge is 0.130 e. The van der Waals surface area contributed by atoms with Gasteiger partial charge in [0.15, 0.2) is 0 Å². The first-order valence-electron chi connectivity index (χ1n) is 6.25. The van der Waals surface area contributed by atoms with Crippen LogP contribution >= 0.6 is 11.6 Å². The molecule has 19 heavy (non-hydrogen) atoms. The van der Waals surface area contributed by atoms with E-state index in [4.69, 9.17) is 11.6 Å². The molecule has 0 radical (unpaired) electrons. The van der Waals surface area contributed by atoms with Gasteiger partial charge in [-0.05, 0) is 60.7 Å². The van der Waals surface area contributed by atoms with Gasteiger partial charge < -0.3 is 5.11 Å². The summed E-state index contributed by atoms with van der Waals surface area (Å²) in [4.78, 5) is 4.23. The monoisotopic (exact) mass is 277 g/mol. The fourth-order valence-electron chi connectivity index (χ4n) is 2.14. The Morgan fingerprint density at radius 1 is 1.21 bits per heavy atom. The maximum atomic E-state index is 12.9. The van der Waals surface area contributed by atoms with Crippen LogP contribution in [0.1, 0.15) is 24.5 Å². The van der Waals surface area contributed by atoms with Gasteiger partial charge in [0.25, 0.3) is 0 Å². The van der Waals surface area contributed by atoms with Crippen molar-refractivity contribution >= 4 is 11.6 Å². The number of nitrogens with zero attached hydrogens (tertiary/aromatic N) is 1. The van der Waals surface area contributed by atoms with E-state index in [1.165, 1.54) is 12.1 Å². The Morgan fingerprint density at radius 3 is 2.53 bits per heavy atom.